The van der Waals surface area contributed by atoms with Gasteiger partial charge in [-0.1, -0.05) is 0 Å². The third-order valence-electron chi connectivity index (χ3n) is 5.59. The lowest BCUT2D eigenvalue weighted by atomic mass is 10.1. The average molecular weight is 554 g/mol. The summed E-state index contributed by atoms with van der Waals surface area (Å²) in [6, 6.07) is 0. The summed E-state index contributed by atoms with van der Waals surface area (Å²) in [7, 11) is -4.16. The van der Waals surface area contributed by atoms with Crippen LogP contribution in [0.2, 0.25) is 0 Å². The van der Waals surface area contributed by atoms with Gasteiger partial charge in [-0.05, 0) is 6.92 Å². The molecule has 1 aliphatic rings. The number of nitrogens with two attached hydrogens (primary N) is 2. The number of imidazole rings is 2. The van der Waals surface area contributed by atoms with Gasteiger partial charge in [0, 0.05) is 0 Å². The maximum atomic E-state index is 10.7. The van der Waals surface area contributed by atoms with Gasteiger partial charge in [0.2, 0.25) is 0 Å². The van der Waals surface area contributed by atoms with E-state index in [-0.39, 0.29) is 11.6 Å². The Kier molecular flexibility index (Phi) is 8.14. The predicted octanol–water partition coefficient (Wildman–Crippen LogP) is -2.03. The van der Waals surface area contributed by atoms with Crippen LogP contribution in [-0.2, 0) is 20.6 Å². The van der Waals surface area contributed by atoms with Crippen molar-refractivity contribution in [3.8, 4) is 0 Å². The molecule has 9 N–H and O–H groups in total. The minimum atomic E-state index is -4.16. The van der Waals surface area contributed by atoms with Crippen molar-refractivity contribution in [1.29, 1.82) is 0 Å². The molecule has 1 aliphatic heterocycles. The second kappa shape index (κ2) is 11.2. The Labute approximate surface area is 214 Å². The zero-order chi connectivity index (χ0) is 27.6. The van der Waals surface area contributed by atoms with Crippen LogP contribution in [-0.4, -0.2) is 102 Å². The number of ether oxygens (including phenoxy) is 2. The van der Waals surface area contributed by atoms with Gasteiger partial charge in [0.15, 0.2) is 29.2 Å². The Bertz CT molecular complexity index is 1440. The normalized spacial score (nSPS) is 22.5. The molecule has 1 saturated heterocycles. The summed E-state index contributed by atoms with van der Waals surface area (Å²) in [5.41, 5.74) is 13.1. The first-order valence-electron chi connectivity index (χ1n) is 11.1. The van der Waals surface area contributed by atoms with E-state index in [4.69, 9.17) is 35.8 Å². The highest BCUT2D eigenvalue weighted by molar-refractivity contribution is 7.51. The average Bonchev–Trinajstić information content (AvgIpc) is 3.56. The van der Waals surface area contributed by atoms with Crippen LogP contribution in [0, 0.1) is 0 Å². The van der Waals surface area contributed by atoms with Gasteiger partial charge >= 0.3 is 7.60 Å². The van der Waals surface area contributed by atoms with E-state index in [1.807, 2.05) is 0 Å². The Morgan fingerprint density at radius 2 is 1.61 bits per heavy atom. The molecular formula is C19H27N10O8P. The zero-order valence-corrected chi connectivity index (χ0v) is 20.9. The molecule has 5 heterocycles. The molecule has 0 aliphatic carbocycles. The molecule has 0 radical (unpaired) electrons. The smallest absolute Gasteiger partial charge is 0.350 e. The van der Waals surface area contributed by atoms with Gasteiger partial charge in [0.1, 0.15) is 48.3 Å². The van der Waals surface area contributed by atoms with Crippen molar-refractivity contribution in [2.75, 3.05) is 24.4 Å². The first-order chi connectivity index (χ1) is 18.0. The minimum Gasteiger partial charge on any atom is -0.394 e. The van der Waals surface area contributed by atoms with Crippen LogP contribution in [0.4, 0.5) is 11.6 Å². The molecule has 4 aromatic rings. The fourth-order valence-electron chi connectivity index (χ4n) is 3.75. The van der Waals surface area contributed by atoms with Gasteiger partial charge in [-0.15, -0.1) is 0 Å². The number of hydrogen-bond donors (Lipinski definition) is 7. The van der Waals surface area contributed by atoms with Crippen molar-refractivity contribution < 1.29 is 39.1 Å². The molecule has 0 aromatic carbocycles. The Balaban J connectivity index is 0.000000177. The van der Waals surface area contributed by atoms with Crippen LogP contribution in [0.5, 0.6) is 0 Å². The van der Waals surface area contributed by atoms with Gasteiger partial charge in [0.05, 0.1) is 31.9 Å². The van der Waals surface area contributed by atoms with E-state index < -0.39 is 51.2 Å². The van der Waals surface area contributed by atoms with Crippen LogP contribution in [0.15, 0.2) is 25.3 Å². The first-order valence-corrected chi connectivity index (χ1v) is 12.9. The number of nitrogen functional groups attached to an aromatic ring is 2. The standard InChI is InChI=1S/C10H13N5O4.C9H14N5O4P/c11-8-5-9(13-2-12-8)15(3-14-5)10-7(18)6(17)4(1-16)19-10;1-6(18-5-19(15,16)17)2-14-4-13-7-8(10)11-3-12-9(7)14/h2-4,6-7,10,16-18H,1H2,(H2,11,12,13);3-4,6H,2,5H2,1H3,(H2,10,11,12)(H2,15,16,17)/t4-,6-,7-,10-;6-/m11/s1. The summed E-state index contributed by atoms with van der Waals surface area (Å²) < 4.78 is 24.3. The van der Waals surface area contributed by atoms with E-state index >= 15 is 0 Å². The molecule has 1 fully saturated rings. The molecular weight excluding hydrogens is 527 g/mol. The summed E-state index contributed by atoms with van der Waals surface area (Å²) in [6.45, 7) is 1.66. The summed E-state index contributed by atoms with van der Waals surface area (Å²) in [5.74, 6) is 0.503. The molecule has 4 aromatic heterocycles. The van der Waals surface area contributed by atoms with Crippen molar-refractivity contribution >= 4 is 41.6 Å². The van der Waals surface area contributed by atoms with Gasteiger partial charge in [-0.2, -0.15) is 0 Å². The maximum absolute atomic E-state index is 10.7. The van der Waals surface area contributed by atoms with Gasteiger partial charge in [-0.3, -0.25) is 9.13 Å². The maximum Gasteiger partial charge on any atom is 0.350 e. The van der Waals surface area contributed by atoms with Gasteiger partial charge in [-0.25, -0.2) is 29.9 Å². The number of anilines is 2. The van der Waals surface area contributed by atoms with Crippen molar-refractivity contribution in [3.63, 3.8) is 0 Å². The van der Waals surface area contributed by atoms with E-state index in [2.05, 4.69) is 29.9 Å². The minimum absolute atomic E-state index is 0.218. The molecule has 206 valence electrons. The number of aliphatic hydroxyl groups excluding tert-OH is 3. The number of hydrogen-bond acceptors (Lipinski definition) is 14. The van der Waals surface area contributed by atoms with Crippen molar-refractivity contribution in [2.24, 2.45) is 0 Å². The Hall–Kier alpha value is -3.35. The predicted molar refractivity (Wildman–Crippen MR) is 130 cm³/mol. The van der Waals surface area contributed by atoms with Crippen LogP contribution >= 0.6 is 7.60 Å². The van der Waals surface area contributed by atoms with E-state index in [0.717, 1.165) is 0 Å². The SMILES string of the molecule is C[C@H](Cn1cnc2c(N)ncnc21)OCP(=O)(O)O.Nc1ncnc2c1ncn2[C@@H]1O[C@H](CO)[C@@H](O)[C@H]1O. The fourth-order valence-corrected chi connectivity index (χ4v) is 4.20. The molecule has 5 rings (SSSR count). The summed E-state index contributed by atoms with van der Waals surface area (Å²) in [5, 5.41) is 28.7. The molecule has 38 heavy (non-hydrogen) atoms. The topological polar surface area (TPSA) is 276 Å². The molecule has 0 amide bonds. The van der Waals surface area contributed by atoms with E-state index in [1.165, 1.54) is 29.9 Å². The summed E-state index contributed by atoms with van der Waals surface area (Å²) in [6.07, 6.45) is 0.427. The van der Waals surface area contributed by atoms with Crippen molar-refractivity contribution in [1.82, 2.24) is 39.0 Å². The Morgan fingerprint density at radius 3 is 2.21 bits per heavy atom. The number of nitrogens with zero attached hydrogens (tertiary/aromatic N) is 8. The molecule has 5 atom stereocenters. The lowest BCUT2D eigenvalue weighted by molar-refractivity contribution is -0.0511. The van der Waals surface area contributed by atoms with Crippen LogP contribution in [0.1, 0.15) is 13.2 Å². The van der Waals surface area contributed by atoms with E-state index in [1.54, 1.807) is 11.5 Å². The highest BCUT2D eigenvalue weighted by Gasteiger charge is 2.44. The lowest BCUT2D eigenvalue weighted by Gasteiger charge is -2.16. The first kappa shape index (κ1) is 27.7. The summed E-state index contributed by atoms with van der Waals surface area (Å²) in [4.78, 5) is 41.3. The van der Waals surface area contributed by atoms with Crippen molar-refractivity contribution in [2.45, 2.75) is 44.1 Å². The summed E-state index contributed by atoms with van der Waals surface area (Å²) >= 11 is 0. The molecule has 19 heteroatoms. The number of aromatic nitrogens is 8. The highest BCUT2D eigenvalue weighted by Crippen LogP contribution is 2.34. The quantitative estimate of drug-likeness (QED) is 0.121. The van der Waals surface area contributed by atoms with Crippen molar-refractivity contribution in [3.05, 3.63) is 25.3 Å². The second-order valence-electron chi connectivity index (χ2n) is 8.41. The van der Waals surface area contributed by atoms with Gasteiger partial charge < -0.3 is 50.6 Å². The molecule has 0 bridgehead atoms. The fraction of sp³-hybridized carbons (Fsp3) is 0.474. The van der Waals surface area contributed by atoms with E-state index in [0.29, 0.717) is 28.9 Å². The number of rotatable bonds is 7. The Morgan fingerprint density at radius 1 is 1.00 bits per heavy atom. The highest BCUT2D eigenvalue weighted by atomic mass is 31.2. The molecule has 0 saturated carbocycles. The number of aliphatic hydroxyl groups is 3. The molecule has 0 spiro atoms. The van der Waals surface area contributed by atoms with Gasteiger partial charge in [0.25, 0.3) is 0 Å². The number of fused-ring (bicyclic) bond motifs is 2. The van der Waals surface area contributed by atoms with Crippen LogP contribution < -0.4 is 11.5 Å². The van der Waals surface area contributed by atoms with E-state index in [9.17, 15) is 14.8 Å². The largest absolute Gasteiger partial charge is 0.394 e. The third kappa shape index (κ3) is 5.87. The third-order valence-corrected chi connectivity index (χ3v) is 6.07. The molecule has 0 unspecified atom stereocenters. The lowest BCUT2D eigenvalue weighted by Crippen LogP contribution is -2.33. The second-order valence-corrected chi connectivity index (χ2v) is 10.00. The molecule has 18 nitrogen and oxygen atoms in total. The zero-order valence-electron chi connectivity index (χ0n) is 20.0. The van der Waals surface area contributed by atoms with Crippen LogP contribution in [0.3, 0.4) is 0 Å². The van der Waals surface area contributed by atoms with Crippen LogP contribution in [0.25, 0.3) is 22.3 Å². The monoisotopic (exact) mass is 554 g/mol.